The minimum absolute atomic E-state index is 0.875. The fourth-order valence-corrected chi connectivity index (χ4v) is 2.79. The van der Waals surface area contributed by atoms with Gasteiger partial charge in [-0.15, -0.1) is 0 Å². The number of benzene rings is 1. The van der Waals surface area contributed by atoms with Crippen molar-refractivity contribution in [1.82, 2.24) is 10.2 Å². The summed E-state index contributed by atoms with van der Waals surface area (Å²) < 4.78 is 6.03. The molecule has 0 unspecified atom stereocenters. The molecule has 3 rings (SSSR count). The van der Waals surface area contributed by atoms with Gasteiger partial charge in [0.2, 0.25) is 0 Å². The van der Waals surface area contributed by atoms with Gasteiger partial charge < -0.3 is 9.73 Å². The second-order valence-corrected chi connectivity index (χ2v) is 5.01. The molecule has 1 N–H and O–H groups in total. The predicted octanol–water partition coefficient (Wildman–Crippen LogP) is 2.75. The van der Waals surface area contributed by atoms with Crippen molar-refractivity contribution in [1.29, 1.82) is 0 Å². The van der Waals surface area contributed by atoms with Crippen LogP contribution in [0.3, 0.4) is 0 Å². The predicted molar refractivity (Wildman–Crippen MR) is 73.5 cm³/mol. The molecule has 0 radical (unpaired) electrons. The Kier molecular flexibility index (Phi) is 3.35. The maximum absolute atomic E-state index is 6.03. The summed E-state index contributed by atoms with van der Waals surface area (Å²) in [5.74, 6) is 1.13. The number of nitrogens with zero attached hydrogens (tertiary/aromatic N) is 1. The van der Waals surface area contributed by atoms with Gasteiger partial charge in [-0.3, -0.25) is 4.90 Å². The molecule has 3 nitrogen and oxygen atoms in total. The molecule has 2 aromatic rings. The van der Waals surface area contributed by atoms with Crippen LogP contribution < -0.4 is 5.32 Å². The minimum atomic E-state index is 0.875. The molecular formula is C15H20N2O. The molecule has 18 heavy (non-hydrogen) atoms. The first-order chi connectivity index (χ1) is 8.88. The Morgan fingerprint density at radius 1 is 1.22 bits per heavy atom. The molecule has 3 heteroatoms. The van der Waals surface area contributed by atoms with E-state index in [0.717, 1.165) is 24.4 Å². The minimum Gasteiger partial charge on any atom is -0.459 e. The average Bonchev–Trinajstić information content (AvgIpc) is 3.00. The van der Waals surface area contributed by atoms with Crippen molar-refractivity contribution in [3.8, 4) is 0 Å². The van der Waals surface area contributed by atoms with E-state index in [1.54, 1.807) is 0 Å². The number of para-hydroxylation sites is 1. The van der Waals surface area contributed by atoms with Gasteiger partial charge in [0, 0.05) is 17.5 Å². The number of furan rings is 1. The topological polar surface area (TPSA) is 28.4 Å². The molecule has 1 saturated heterocycles. The van der Waals surface area contributed by atoms with Gasteiger partial charge in [-0.1, -0.05) is 18.2 Å². The SMILES string of the molecule is CNCc1c(CN2CCCC2)oc2ccccc12. The quantitative estimate of drug-likeness (QED) is 0.896. The third-order valence-electron chi connectivity index (χ3n) is 3.70. The van der Waals surface area contributed by atoms with E-state index in [4.69, 9.17) is 4.42 Å². The standard InChI is InChI=1S/C15H20N2O/c1-16-10-13-12-6-2-3-7-14(12)18-15(13)11-17-8-4-5-9-17/h2-3,6-7,16H,4-5,8-11H2,1H3. The van der Waals surface area contributed by atoms with Crippen LogP contribution in [-0.4, -0.2) is 25.0 Å². The van der Waals surface area contributed by atoms with E-state index < -0.39 is 0 Å². The Morgan fingerprint density at radius 2 is 2.00 bits per heavy atom. The number of hydrogen-bond acceptors (Lipinski definition) is 3. The molecule has 1 aliphatic rings. The highest BCUT2D eigenvalue weighted by Gasteiger charge is 2.18. The van der Waals surface area contributed by atoms with Gasteiger partial charge in [-0.05, 0) is 39.0 Å². The molecule has 1 aliphatic heterocycles. The zero-order valence-corrected chi connectivity index (χ0v) is 10.9. The van der Waals surface area contributed by atoms with E-state index in [2.05, 4.69) is 28.4 Å². The summed E-state index contributed by atoms with van der Waals surface area (Å²) in [6.45, 7) is 4.23. The molecule has 1 fully saturated rings. The van der Waals surface area contributed by atoms with E-state index in [-0.39, 0.29) is 0 Å². The van der Waals surface area contributed by atoms with Crippen LogP contribution in [0.25, 0.3) is 11.0 Å². The van der Waals surface area contributed by atoms with Crippen molar-refractivity contribution in [3.63, 3.8) is 0 Å². The Labute approximate surface area is 108 Å². The summed E-state index contributed by atoms with van der Waals surface area (Å²) in [7, 11) is 1.99. The summed E-state index contributed by atoms with van der Waals surface area (Å²) in [6, 6.07) is 8.33. The molecular weight excluding hydrogens is 224 g/mol. The Morgan fingerprint density at radius 3 is 2.78 bits per heavy atom. The Bertz CT molecular complexity index is 526. The maximum Gasteiger partial charge on any atom is 0.134 e. The summed E-state index contributed by atoms with van der Waals surface area (Å²) in [5, 5.41) is 4.50. The van der Waals surface area contributed by atoms with E-state index >= 15 is 0 Å². The van der Waals surface area contributed by atoms with Crippen molar-refractivity contribution in [2.45, 2.75) is 25.9 Å². The average molecular weight is 244 g/mol. The third kappa shape index (κ3) is 2.16. The molecule has 0 spiro atoms. The van der Waals surface area contributed by atoms with Crippen LogP contribution in [0.5, 0.6) is 0 Å². The number of likely N-dealkylation sites (tertiary alicyclic amines) is 1. The lowest BCUT2D eigenvalue weighted by Gasteiger charge is -2.13. The highest BCUT2D eigenvalue weighted by atomic mass is 16.3. The third-order valence-corrected chi connectivity index (χ3v) is 3.70. The highest BCUT2D eigenvalue weighted by molar-refractivity contribution is 5.82. The van der Waals surface area contributed by atoms with Gasteiger partial charge in [-0.2, -0.15) is 0 Å². The highest BCUT2D eigenvalue weighted by Crippen LogP contribution is 2.27. The number of rotatable bonds is 4. The lowest BCUT2D eigenvalue weighted by Crippen LogP contribution is -2.19. The van der Waals surface area contributed by atoms with Crippen molar-refractivity contribution in [2.24, 2.45) is 0 Å². The number of fused-ring (bicyclic) bond motifs is 1. The molecule has 0 atom stereocenters. The van der Waals surface area contributed by atoms with Crippen LogP contribution in [0.2, 0.25) is 0 Å². The normalized spacial score (nSPS) is 16.7. The molecule has 96 valence electrons. The largest absolute Gasteiger partial charge is 0.459 e. The molecule has 2 heterocycles. The van der Waals surface area contributed by atoms with Crippen LogP contribution in [0.15, 0.2) is 28.7 Å². The molecule has 0 saturated carbocycles. The second kappa shape index (κ2) is 5.12. The van der Waals surface area contributed by atoms with Crippen molar-refractivity contribution in [2.75, 3.05) is 20.1 Å². The lowest BCUT2D eigenvalue weighted by molar-refractivity contribution is 0.300. The Balaban J connectivity index is 1.95. The van der Waals surface area contributed by atoms with E-state index in [0.29, 0.717) is 0 Å². The first kappa shape index (κ1) is 11.8. The molecule has 0 aliphatic carbocycles. The van der Waals surface area contributed by atoms with Crippen molar-refractivity contribution >= 4 is 11.0 Å². The summed E-state index contributed by atoms with van der Waals surface area (Å²) in [6.07, 6.45) is 2.64. The van der Waals surface area contributed by atoms with E-state index in [1.165, 1.54) is 36.9 Å². The summed E-state index contributed by atoms with van der Waals surface area (Å²) in [4.78, 5) is 2.48. The van der Waals surface area contributed by atoms with Crippen LogP contribution in [0.4, 0.5) is 0 Å². The summed E-state index contributed by atoms with van der Waals surface area (Å²) in [5.41, 5.74) is 2.33. The smallest absolute Gasteiger partial charge is 0.134 e. The van der Waals surface area contributed by atoms with Gasteiger partial charge in [0.25, 0.3) is 0 Å². The van der Waals surface area contributed by atoms with Crippen LogP contribution in [0.1, 0.15) is 24.2 Å². The zero-order chi connectivity index (χ0) is 12.4. The maximum atomic E-state index is 6.03. The van der Waals surface area contributed by atoms with Gasteiger partial charge in [0.05, 0.1) is 6.54 Å². The number of hydrogen-bond donors (Lipinski definition) is 1. The van der Waals surface area contributed by atoms with Gasteiger partial charge in [0.15, 0.2) is 0 Å². The Hall–Kier alpha value is -1.32. The van der Waals surface area contributed by atoms with Crippen molar-refractivity contribution < 1.29 is 4.42 Å². The van der Waals surface area contributed by atoms with Crippen LogP contribution >= 0.6 is 0 Å². The molecule has 1 aromatic carbocycles. The van der Waals surface area contributed by atoms with Gasteiger partial charge in [-0.25, -0.2) is 0 Å². The van der Waals surface area contributed by atoms with E-state index in [9.17, 15) is 0 Å². The van der Waals surface area contributed by atoms with E-state index in [1.807, 2.05) is 13.1 Å². The zero-order valence-electron chi connectivity index (χ0n) is 10.9. The monoisotopic (exact) mass is 244 g/mol. The lowest BCUT2D eigenvalue weighted by atomic mass is 10.1. The molecule has 0 bridgehead atoms. The summed E-state index contributed by atoms with van der Waals surface area (Å²) >= 11 is 0. The molecule has 1 aromatic heterocycles. The van der Waals surface area contributed by atoms with Crippen molar-refractivity contribution in [3.05, 3.63) is 35.6 Å². The van der Waals surface area contributed by atoms with Crippen LogP contribution in [-0.2, 0) is 13.1 Å². The fraction of sp³-hybridized carbons (Fsp3) is 0.467. The van der Waals surface area contributed by atoms with Crippen LogP contribution in [0, 0.1) is 0 Å². The second-order valence-electron chi connectivity index (χ2n) is 5.01. The molecule has 0 amide bonds. The number of nitrogens with one attached hydrogen (secondary N) is 1. The van der Waals surface area contributed by atoms with Gasteiger partial charge in [0.1, 0.15) is 11.3 Å². The fourth-order valence-electron chi connectivity index (χ4n) is 2.79. The first-order valence-corrected chi connectivity index (χ1v) is 6.74. The van der Waals surface area contributed by atoms with Gasteiger partial charge >= 0.3 is 0 Å². The first-order valence-electron chi connectivity index (χ1n) is 6.74.